The fourth-order valence-electron chi connectivity index (χ4n) is 4.32. The van der Waals surface area contributed by atoms with Crippen LogP contribution in [0, 0.1) is 0 Å². The van der Waals surface area contributed by atoms with Crippen molar-refractivity contribution >= 4 is 23.3 Å². The molecule has 0 fully saturated rings. The molecule has 1 aliphatic rings. The lowest BCUT2D eigenvalue weighted by Crippen LogP contribution is -2.28. The van der Waals surface area contributed by atoms with Crippen LogP contribution in [0.25, 0.3) is 11.1 Å². The largest absolute Gasteiger partial charge is 0.478 e. The van der Waals surface area contributed by atoms with Gasteiger partial charge >= 0.3 is 11.9 Å². The summed E-state index contributed by atoms with van der Waals surface area (Å²) in [7, 11) is 2.00. The molecule has 0 saturated carbocycles. The van der Waals surface area contributed by atoms with Gasteiger partial charge in [0.05, 0.1) is 5.56 Å². The third-order valence-corrected chi connectivity index (χ3v) is 5.99. The number of carbonyl (C=O) groups excluding carboxylic acids is 1. The number of hydrogen-bond acceptors (Lipinski definition) is 4. The maximum absolute atomic E-state index is 13.4. The number of carbonyl (C=O) groups is 2. The van der Waals surface area contributed by atoms with Gasteiger partial charge in [0, 0.05) is 18.4 Å². The van der Waals surface area contributed by atoms with Crippen LogP contribution in [-0.2, 0) is 4.79 Å². The van der Waals surface area contributed by atoms with Gasteiger partial charge in [0.2, 0.25) is 0 Å². The van der Waals surface area contributed by atoms with E-state index in [9.17, 15) is 9.59 Å². The Morgan fingerprint density at radius 3 is 1.73 bits per heavy atom. The molecule has 5 heteroatoms. The minimum Gasteiger partial charge on any atom is -0.478 e. The van der Waals surface area contributed by atoms with Crippen molar-refractivity contribution < 1.29 is 19.4 Å². The highest BCUT2D eigenvalue weighted by atomic mass is 16.5. The van der Waals surface area contributed by atoms with E-state index in [1.807, 2.05) is 67.7 Å². The standard InChI is InChI=1S/C28H21NO4/c1-29-24-8-4-2-6-22(24)26(23-7-3-5-9-25(23)29)28(32)33-21-16-14-19(15-17-21)18-10-12-20(13-11-18)27(30)31/h2-17,26H,1H3,(H,30,31). The predicted molar refractivity (Wildman–Crippen MR) is 127 cm³/mol. The van der Waals surface area contributed by atoms with E-state index in [0.29, 0.717) is 5.75 Å². The van der Waals surface area contributed by atoms with Gasteiger partial charge in [0.15, 0.2) is 0 Å². The summed E-state index contributed by atoms with van der Waals surface area (Å²) in [6.07, 6.45) is 0. The average molecular weight is 435 g/mol. The van der Waals surface area contributed by atoms with Gasteiger partial charge in [0.25, 0.3) is 0 Å². The molecule has 0 spiro atoms. The molecule has 0 aliphatic carbocycles. The molecule has 1 N–H and O–H groups in total. The monoisotopic (exact) mass is 435 g/mol. The molecular formula is C28H21NO4. The fourth-order valence-corrected chi connectivity index (χ4v) is 4.32. The van der Waals surface area contributed by atoms with Crippen molar-refractivity contribution in [2.75, 3.05) is 11.9 Å². The molecule has 0 aromatic heterocycles. The van der Waals surface area contributed by atoms with Crippen LogP contribution < -0.4 is 9.64 Å². The molecule has 0 bridgehead atoms. The summed E-state index contributed by atoms with van der Waals surface area (Å²) in [5, 5.41) is 9.06. The van der Waals surface area contributed by atoms with E-state index < -0.39 is 11.9 Å². The molecule has 0 atom stereocenters. The summed E-state index contributed by atoms with van der Waals surface area (Å²) in [6.45, 7) is 0. The molecule has 1 heterocycles. The van der Waals surface area contributed by atoms with Crippen molar-refractivity contribution in [3.63, 3.8) is 0 Å². The molecule has 0 amide bonds. The Hall–Kier alpha value is -4.38. The van der Waals surface area contributed by atoms with Crippen molar-refractivity contribution in [2.24, 2.45) is 0 Å². The molecule has 0 saturated heterocycles. The minimum absolute atomic E-state index is 0.239. The second-order valence-corrected chi connectivity index (χ2v) is 7.94. The van der Waals surface area contributed by atoms with Gasteiger partial charge in [-0.05, 0) is 58.7 Å². The first-order chi connectivity index (χ1) is 16.0. The van der Waals surface area contributed by atoms with Crippen LogP contribution in [0.1, 0.15) is 27.4 Å². The lowest BCUT2D eigenvalue weighted by Gasteiger charge is -2.34. The highest BCUT2D eigenvalue weighted by molar-refractivity contribution is 5.92. The highest BCUT2D eigenvalue weighted by Crippen LogP contribution is 2.45. The lowest BCUT2D eigenvalue weighted by atomic mass is 9.85. The molecule has 0 unspecified atom stereocenters. The molecular weight excluding hydrogens is 414 g/mol. The number of fused-ring (bicyclic) bond motifs is 2. The quantitative estimate of drug-likeness (QED) is 0.321. The Kier molecular flexibility index (Phi) is 5.15. The van der Waals surface area contributed by atoms with Gasteiger partial charge in [-0.25, -0.2) is 4.79 Å². The Morgan fingerprint density at radius 2 is 1.21 bits per heavy atom. The summed E-state index contributed by atoms with van der Waals surface area (Å²) < 4.78 is 5.81. The molecule has 5 rings (SSSR count). The number of anilines is 2. The van der Waals surface area contributed by atoms with Gasteiger partial charge in [-0.2, -0.15) is 0 Å². The van der Waals surface area contributed by atoms with Gasteiger partial charge in [-0.3, -0.25) is 4.79 Å². The van der Waals surface area contributed by atoms with E-state index in [-0.39, 0.29) is 11.5 Å². The van der Waals surface area contributed by atoms with E-state index >= 15 is 0 Å². The van der Waals surface area contributed by atoms with Crippen LogP contribution in [0.5, 0.6) is 5.75 Å². The van der Waals surface area contributed by atoms with Crippen molar-refractivity contribution in [2.45, 2.75) is 5.92 Å². The summed E-state index contributed by atoms with van der Waals surface area (Å²) in [5.74, 6) is -1.35. The second-order valence-electron chi connectivity index (χ2n) is 7.94. The van der Waals surface area contributed by atoms with Crippen molar-refractivity contribution in [1.82, 2.24) is 0 Å². The Balaban J connectivity index is 1.41. The van der Waals surface area contributed by atoms with Gasteiger partial charge in [0.1, 0.15) is 11.7 Å². The van der Waals surface area contributed by atoms with Crippen LogP contribution in [0.2, 0.25) is 0 Å². The zero-order valence-corrected chi connectivity index (χ0v) is 17.9. The summed E-state index contributed by atoms with van der Waals surface area (Å²) in [5.41, 5.74) is 5.83. The van der Waals surface area contributed by atoms with Crippen molar-refractivity contribution in [3.8, 4) is 16.9 Å². The predicted octanol–water partition coefficient (Wildman–Crippen LogP) is 5.87. The number of benzene rings is 4. The first kappa shape index (κ1) is 20.5. The van der Waals surface area contributed by atoms with Crippen molar-refractivity contribution in [3.05, 3.63) is 114 Å². The smallest absolute Gasteiger partial charge is 0.335 e. The lowest BCUT2D eigenvalue weighted by molar-refractivity contribution is -0.135. The van der Waals surface area contributed by atoms with Gasteiger partial charge < -0.3 is 14.7 Å². The highest BCUT2D eigenvalue weighted by Gasteiger charge is 2.34. The Morgan fingerprint density at radius 1 is 0.727 bits per heavy atom. The SMILES string of the molecule is CN1c2ccccc2C(C(=O)Oc2ccc(-c3ccc(C(=O)O)cc3)cc2)c2ccccc21. The number of ether oxygens (including phenoxy) is 1. The second kappa shape index (κ2) is 8.28. The van der Waals surface area contributed by atoms with E-state index in [4.69, 9.17) is 9.84 Å². The number of carboxylic acids is 1. The van der Waals surface area contributed by atoms with Crippen LogP contribution >= 0.6 is 0 Å². The number of carboxylic acid groups (broad SMARTS) is 1. The normalized spacial score (nSPS) is 12.6. The molecule has 4 aromatic rings. The van der Waals surface area contributed by atoms with Gasteiger partial charge in [-0.15, -0.1) is 0 Å². The zero-order valence-electron chi connectivity index (χ0n) is 17.9. The summed E-state index contributed by atoms with van der Waals surface area (Å²) in [6, 6.07) is 29.6. The third-order valence-electron chi connectivity index (χ3n) is 5.99. The number of para-hydroxylation sites is 2. The maximum Gasteiger partial charge on any atom is 0.335 e. The van der Waals surface area contributed by atoms with Crippen LogP contribution in [0.4, 0.5) is 11.4 Å². The van der Waals surface area contributed by atoms with E-state index in [2.05, 4.69) is 4.90 Å². The number of nitrogens with zero attached hydrogens (tertiary/aromatic N) is 1. The molecule has 33 heavy (non-hydrogen) atoms. The van der Waals surface area contributed by atoms with E-state index in [0.717, 1.165) is 33.6 Å². The molecule has 1 aliphatic heterocycles. The average Bonchev–Trinajstić information content (AvgIpc) is 2.85. The zero-order chi connectivity index (χ0) is 22.9. The Labute approximate surface area is 191 Å². The third kappa shape index (κ3) is 3.74. The molecule has 162 valence electrons. The van der Waals surface area contributed by atoms with E-state index in [1.165, 1.54) is 0 Å². The fraction of sp³-hybridized carbons (Fsp3) is 0.0714. The van der Waals surface area contributed by atoms with Crippen molar-refractivity contribution in [1.29, 1.82) is 0 Å². The first-order valence-electron chi connectivity index (χ1n) is 10.6. The summed E-state index contributed by atoms with van der Waals surface area (Å²) in [4.78, 5) is 26.5. The number of rotatable bonds is 4. The van der Waals surface area contributed by atoms with Crippen LogP contribution in [0.3, 0.4) is 0 Å². The maximum atomic E-state index is 13.4. The number of esters is 1. The first-order valence-corrected chi connectivity index (χ1v) is 10.6. The molecule has 4 aromatic carbocycles. The molecule has 5 nitrogen and oxygen atoms in total. The summed E-state index contributed by atoms with van der Waals surface area (Å²) >= 11 is 0. The topological polar surface area (TPSA) is 66.8 Å². The number of aromatic carboxylic acids is 1. The van der Waals surface area contributed by atoms with Gasteiger partial charge in [-0.1, -0.05) is 60.7 Å². The van der Waals surface area contributed by atoms with Crippen LogP contribution in [0.15, 0.2) is 97.1 Å². The molecule has 0 radical (unpaired) electrons. The minimum atomic E-state index is -0.958. The Bertz CT molecular complexity index is 1300. The van der Waals surface area contributed by atoms with E-state index in [1.54, 1.807) is 36.4 Å². The van der Waals surface area contributed by atoms with Crippen LogP contribution in [-0.4, -0.2) is 24.1 Å². The number of hydrogen-bond donors (Lipinski definition) is 1.